The van der Waals surface area contributed by atoms with Crippen LogP contribution >= 0.6 is 11.3 Å². The summed E-state index contributed by atoms with van der Waals surface area (Å²) in [7, 11) is 2.02. The van der Waals surface area contributed by atoms with Crippen molar-refractivity contribution in [1.29, 1.82) is 0 Å². The summed E-state index contributed by atoms with van der Waals surface area (Å²) >= 11 is 1.40. The molecule has 0 fully saturated rings. The summed E-state index contributed by atoms with van der Waals surface area (Å²) < 4.78 is 0. The van der Waals surface area contributed by atoms with Crippen LogP contribution in [0.25, 0.3) is 0 Å². The minimum atomic E-state index is -0.0594. The highest BCUT2D eigenvalue weighted by Gasteiger charge is 2.11. The van der Waals surface area contributed by atoms with E-state index in [4.69, 9.17) is 5.73 Å². The fourth-order valence-corrected chi connectivity index (χ4v) is 2.09. The molecule has 1 aromatic rings. The number of nitrogens with one attached hydrogen (secondary N) is 1. The van der Waals surface area contributed by atoms with Gasteiger partial charge in [-0.05, 0) is 25.0 Å². The van der Waals surface area contributed by atoms with Gasteiger partial charge in [-0.3, -0.25) is 4.79 Å². The third kappa shape index (κ3) is 4.49. The van der Waals surface area contributed by atoms with E-state index in [0.29, 0.717) is 18.0 Å². The van der Waals surface area contributed by atoms with Crippen LogP contribution in [0.15, 0.2) is 11.4 Å². The molecular formula is C13H19N3OS. The van der Waals surface area contributed by atoms with Crippen molar-refractivity contribution >= 4 is 17.2 Å². The number of hydrogen-bond acceptors (Lipinski definition) is 4. The largest absolute Gasteiger partial charge is 0.350 e. The van der Waals surface area contributed by atoms with Gasteiger partial charge in [-0.25, -0.2) is 0 Å². The second-order valence-electron chi connectivity index (χ2n) is 3.82. The number of thiophene rings is 1. The summed E-state index contributed by atoms with van der Waals surface area (Å²) in [4.78, 5) is 14.7. The van der Waals surface area contributed by atoms with Crippen molar-refractivity contribution in [2.75, 3.05) is 33.2 Å². The highest BCUT2D eigenvalue weighted by atomic mass is 32.1. The highest BCUT2D eigenvalue weighted by molar-refractivity contribution is 7.12. The maximum Gasteiger partial charge on any atom is 0.262 e. The van der Waals surface area contributed by atoms with E-state index in [1.54, 1.807) is 0 Å². The summed E-state index contributed by atoms with van der Waals surface area (Å²) in [5, 5.41) is 4.77. The first kappa shape index (κ1) is 14.7. The second kappa shape index (κ2) is 7.88. The van der Waals surface area contributed by atoms with Gasteiger partial charge in [0.2, 0.25) is 0 Å². The van der Waals surface area contributed by atoms with Crippen LogP contribution in [0.4, 0.5) is 0 Å². The first-order chi connectivity index (χ1) is 8.69. The number of nitrogens with two attached hydrogens (primary N) is 1. The van der Waals surface area contributed by atoms with E-state index in [2.05, 4.69) is 29.0 Å². The molecule has 1 heterocycles. The number of nitrogens with zero attached hydrogens (tertiary/aromatic N) is 1. The Morgan fingerprint density at radius 2 is 2.39 bits per heavy atom. The molecule has 4 nitrogen and oxygen atoms in total. The van der Waals surface area contributed by atoms with Crippen LogP contribution in [0.1, 0.15) is 22.2 Å². The Hall–Kier alpha value is -1.35. The molecule has 0 radical (unpaired) electrons. The summed E-state index contributed by atoms with van der Waals surface area (Å²) in [6.07, 6.45) is 0. The van der Waals surface area contributed by atoms with E-state index < -0.39 is 0 Å². The average molecular weight is 265 g/mol. The summed E-state index contributed by atoms with van der Waals surface area (Å²) in [5.41, 5.74) is 6.08. The molecule has 1 rings (SSSR count). The zero-order valence-electron chi connectivity index (χ0n) is 10.8. The van der Waals surface area contributed by atoms with Crippen molar-refractivity contribution in [2.24, 2.45) is 5.73 Å². The van der Waals surface area contributed by atoms with E-state index >= 15 is 0 Å². The fraction of sp³-hybridized carbons (Fsp3) is 0.462. The molecule has 18 heavy (non-hydrogen) atoms. The van der Waals surface area contributed by atoms with Gasteiger partial charge < -0.3 is 16.0 Å². The van der Waals surface area contributed by atoms with Crippen LogP contribution in [-0.4, -0.2) is 44.0 Å². The molecule has 0 aromatic carbocycles. The standard InChI is InChI=1S/C13H19N3OS/c1-3-16(2)9-8-15-13(17)12-11(5-4-7-14)6-10-18-12/h6,10H,3,7-9,14H2,1-2H3,(H,15,17). The lowest BCUT2D eigenvalue weighted by Crippen LogP contribution is -2.32. The number of hydrogen-bond donors (Lipinski definition) is 2. The molecule has 0 saturated carbocycles. The van der Waals surface area contributed by atoms with Gasteiger partial charge in [-0.15, -0.1) is 11.3 Å². The van der Waals surface area contributed by atoms with Gasteiger partial charge in [0.25, 0.3) is 5.91 Å². The van der Waals surface area contributed by atoms with Crippen LogP contribution in [-0.2, 0) is 0 Å². The van der Waals surface area contributed by atoms with Crippen LogP contribution in [0.5, 0.6) is 0 Å². The van der Waals surface area contributed by atoms with E-state index in [-0.39, 0.29) is 5.91 Å². The van der Waals surface area contributed by atoms with Gasteiger partial charge in [0, 0.05) is 18.7 Å². The second-order valence-corrected chi connectivity index (χ2v) is 4.74. The lowest BCUT2D eigenvalue weighted by Gasteiger charge is -2.13. The molecule has 3 N–H and O–H groups in total. The van der Waals surface area contributed by atoms with Crippen molar-refractivity contribution in [3.8, 4) is 11.8 Å². The first-order valence-corrected chi connectivity index (χ1v) is 6.80. The monoisotopic (exact) mass is 265 g/mol. The fourth-order valence-electron chi connectivity index (χ4n) is 1.33. The lowest BCUT2D eigenvalue weighted by molar-refractivity contribution is 0.0954. The molecule has 1 amide bonds. The maximum absolute atomic E-state index is 11.9. The normalized spacial score (nSPS) is 10.0. The Morgan fingerprint density at radius 1 is 1.61 bits per heavy atom. The molecule has 0 aliphatic heterocycles. The topological polar surface area (TPSA) is 58.4 Å². The van der Waals surface area contributed by atoms with Crippen LogP contribution in [0.3, 0.4) is 0 Å². The van der Waals surface area contributed by atoms with Gasteiger partial charge in [0.1, 0.15) is 4.88 Å². The Balaban J connectivity index is 2.54. The van der Waals surface area contributed by atoms with Crippen LogP contribution < -0.4 is 11.1 Å². The van der Waals surface area contributed by atoms with Crippen LogP contribution in [0, 0.1) is 11.8 Å². The zero-order chi connectivity index (χ0) is 13.4. The molecule has 0 aliphatic carbocycles. The Kier molecular flexibility index (Phi) is 6.44. The number of likely N-dealkylation sites (N-methyl/N-ethyl adjacent to an activating group) is 1. The summed E-state index contributed by atoms with van der Waals surface area (Å²) in [6.45, 7) is 4.85. The Morgan fingerprint density at radius 3 is 3.06 bits per heavy atom. The van der Waals surface area contributed by atoms with Crippen molar-refractivity contribution in [3.05, 3.63) is 21.9 Å². The van der Waals surface area contributed by atoms with Gasteiger partial charge in [0.05, 0.1) is 6.54 Å². The van der Waals surface area contributed by atoms with E-state index in [1.165, 1.54) is 11.3 Å². The third-order valence-electron chi connectivity index (χ3n) is 2.52. The van der Waals surface area contributed by atoms with E-state index in [1.807, 2.05) is 18.5 Å². The molecule has 0 saturated heterocycles. The number of rotatable bonds is 5. The van der Waals surface area contributed by atoms with E-state index in [0.717, 1.165) is 18.7 Å². The molecule has 1 aromatic heterocycles. The molecule has 0 atom stereocenters. The third-order valence-corrected chi connectivity index (χ3v) is 3.43. The first-order valence-electron chi connectivity index (χ1n) is 5.92. The SMILES string of the molecule is CCN(C)CCNC(=O)c1sccc1C#CCN. The van der Waals surface area contributed by atoms with Gasteiger partial charge in [0.15, 0.2) is 0 Å². The number of amides is 1. The summed E-state index contributed by atoms with van der Waals surface area (Å²) in [5.74, 6) is 5.61. The quantitative estimate of drug-likeness (QED) is 0.772. The van der Waals surface area contributed by atoms with Crippen molar-refractivity contribution in [2.45, 2.75) is 6.92 Å². The van der Waals surface area contributed by atoms with Crippen molar-refractivity contribution < 1.29 is 4.79 Å². The number of carbonyl (C=O) groups is 1. The predicted molar refractivity (Wildman–Crippen MR) is 75.8 cm³/mol. The minimum Gasteiger partial charge on any atom is -0.350 e. The molecule has 0 unspecified atom stereocenters. The van der Waals surface area contributed by atoms with Gasteiger partial charge in [-0.2, -0.15) is 0 Å². The van der Waals surface area contributed by atoms with Crippen molar-refractivity contribution in [3.63, 3.8) is 0 Å². The van der Waals surface area contributed by atoms with Crippen LogP contribution in [0.2, 0.25) is 0 Å². The average Bonchev–Trinajstić information content (AvgIpc) is 2.84. The predicted octanol–water partition coefficient (Wildman–Crippen LogP) is 0.740. The smallest absolute Gasteiger partial charge is 0.262 e. The molecule has 98 valence electrons. The van der Waals surface area contributed by atoms with Crippen molar-refractivity contribution in [1.82, 2.24) is 10.2 Å². The molecule has 0 bridgehead atoms. The number of carbonyl (C=O) groups excluding carboxylic acids is 1. The maximum atomic E-state index is 11.9. The Bertz CT molecular complexity index is 445. The molecular weight excluding hydrogens is 246 g/mol. The zero-order valence-corrected chi connectivity index (χ0v) is 11.6. The molecule has 5 heteroatoms. The van der Waals surface area contributed by atoms with E-state index in [9.17, 15) is 4.79 Å². The van der Waals surface area contributed by atoms with Gasteiger partial charge >= 0.3 is 0 Å². The molecule has 0 spiro atoms. The van der Waals surface area contributed by atoms with Gasteiger partial charge in [-0.1, -0.05) is 18.8 Å². The Labute approximate surface area is 112 Å². The highest BCUT2D eigenvalue weighted by Crippen LogP contribution is 2.15. The molecule has 0 aliphatic rings. The lowest BCUT2D eigenvalue weighted by atomic mass is 10.2. The summed E-state index contributed by atoms with van der Waals surface area (Å²) in [6, 6.07) is 1.85. The minimum absolute atomic E-state index is 0.0594.